The lowest BCUT2D eigenvalue weighted by molar-refractivity contribution is -0.407. The highest BCUT2D eigenvalue weighted by Crippen LogP contribution is 2.43. The first-order valence-electron chi connectivity index (χ1n) is 46.3. The van der Waals surface area contributed by atoms with E-state index in [9.17, 15) is 192 Å². The Bertz CT molecular complexity index is 4170. The predicted octanol–water partition coefficient (Wildman–Crippen LogP) is -24.9. The molecule has 0 saturated carbocycles. The Balaban J connectivity index is 0.972. The molecule has 11 aliphatic heterocycles. The lowest BCUT2D eigenvalue weighted by Gasteiger charge is -2.52. The molecule has 11 aliphatic rings. The largest absolute Gasteiger partial charge is 0.477 e. The number of aliphatic hydroxyl groups is 30. The van der Waals surface area contributed by atoms with E-state index >= 15 is 0 Å². The molecule has 11 saturated heterocycles. The van der Waals surface area contributed by atoms with Gasteiger partial charge in [0.15, 0.2) is 62.9 Å². The highest BCUT2D eigenvalue weighted by Gasteiger charge is 2.64. The summed E-state index contributed by atoms with van der Waals surface area (Å²) in [7, 11) is 0. The van der Waals surface area contributed by atoms with Crippen molar-refractivity contribution in [1.29, 1.82) is 0 Å². The van der Waals surface area contributed by atoms with Crippen LogP contribution in [0, 0.1) is 0 Å². The quantitative estimate of drug-likeness (QED) is 0.0271. The summed E-state index contributed by atoms with van der Waals surface area (Å²) in [5, 5.41) is 364. The van der Waals surface area contributed by atoms with Gasteiger partial charge in [-0.2, -0.15) is 0 Å². The summed E-state index contributed by atoms with van der Waals surface area (Å²) in [6.45, 7) is -7.99. The summed E-state index contributed by atoms with van der Waals surface area (Å²) in [6.07, 6.45) is -111. The van der Waals surface area contributed by atoms with Gasteiger partial charge in [-0.25, -0.2) is 4.79 Å². The highest BCUT2D eigenvalue weighted by molar-refractivity contribution is 5.78. The number of rotatable bonds is 40. The van der Waals surface area contributed by atoms with Crippen LogP contribution in [0.25, 0.3) is 0 Å². The van der Waals surface area contributed by atoms with Gasteiger partial charge in [0.2, 0.25) is 35.4 Å². The molecule has 0 radical (unpaired) electrons. The van der Waals surface area contributed by atoms with E-state index in [0.29, 0.717) is 0 Å². The minimum atomic E-state index is -3.20. The zero-order chi connectivity index (χ0) is 108. The van der Waals surface area contributed by atoms with Crippen LogP contribution in [0.3, 0.4) is 0 Å². The SMILES string of the molecule is CC(=O)N[C@@H]1[C@@H](O)[C@H](O[C@@H]2O[C@H](CO)[C@@H](O[C@@H]3O[C@H](CO[C@H]4O[C@H](CO)[C@@H](O)[C@H](O)[C@@H]4O[C@@H]4O[C@H](CO)[C@@H](O[C@@H]5O[C@H](CO[C@]6(C(=O)O)C[C@H](O)[C@@H](NC(=O)CO)[C@H]([C@H](O)[C@H](O)CO)O6)[C@H](O)[C@H](O)[C@H]5O)[C@H](O)[C@H]4NC(C)=O)[C@@H](O[C@@H]4O[C@H](CO)[C@@H](O)[C@H](O)[C@H]4NC(C)=O)[C@H](O[C@H]4O[C@H](CO)[C@@H](O)[C@H](O)[C@@H]4O[C@@H]4O[C@H](CO)[C@@H](O)[C@H](O)[C@H]4NC(C)=O)[C@@H]3O)[C@H](O)[C@H]2NC(C)=O)[C@@H](CO[C@@H]2O[C@@H](C)[C@@H](O)[C@@H](O)[C@@H]2O)O[C@H]1O. The fourth-order valence-electron chi connectivity index (χ4n) is 18.7. The van der Waals surface area contributed by atoms with Gasteiger partial charge >= 0.3 is 5.97 Å². The van der Waals surface area contributed by atoms with Crippen molar-refractivity contribution >= 4 is 41.4 Å². The van der Waals surface area contributed by atoms with Crippen molar-refractivity contribution in [3.8, 4) is 0 Å². The van der Waals surface area contributed by atoms with Crippen LogP contribution in [0.1, 0.15) is 48.0 Å². The average Bonchev–Trinajstić information content (AvgIpc) is 0.765. The van der Waals surface area contributed by atoms with Crippen LogP contribution in [0.5, 0.6) is 0 Å². The summed E-state index contributed by atoms with van der Waals surface area (Å²) in [6, 6.07) is -12.0. The lowest BCUT2D eigenvalue weighted by atomic mass is 9.88. The maximum Gasteiger partial charge on any atom is 0.364 e. The summed E-state index contributed by atoms with van der Waals surface area (Å²) in [5.74, 6) is -11.6. The van der Waals surface area contributed by atoms with Crippen LogP contribution in [0.4, 0.5) is 0 Å². The number of nitrogens with one attached hydrogen (secondary N) is 6. The first kappa shape index (κ1) is 120. The standard InChI is InChI=1S/C81H134N6O59/c1-19-43(104)55(116)59(120)75(129-19)126-16-34-64(52(113)38(70(123)130-34)82-20(2)96)139-73-41(85-23(5)99)53(114)63(32(14-94)135-73)141-77-61(122)67(143-79-69(58(119)48(109)30(12-92)134-79)145-72-40(84-22(4)98)51(112)46(107)28(10-90)132-72)65(142-71-39(83-21(3)97)50(111)45(106)27(9-89)131-71)35(138-77)17-127-78-68(57(118)47(108)29(11-91)133-78)144-74-42(86-24(6)100)54(115)62(31(13-93)136-74)140-76-60(121)56(117)49(110)33(137-76)18-128-81(80(124)125)7-25(101)37(87-36(103)15-95)66(146-81)44(105)26(102)8-88/h19,25-35,37-79,88-95,101-102,104-123H,7-18H2,1-6H3,(H,82,96)(H,83,97)(H,84,98)(H,85,99)(H,86,100)(H,87,103)(H,124,125)/t19-,25-,26+,27+,28+,29+,30+,31+,32+,33+,34+,35+,37+,38+,39+,40+,41+,42+,43+,44+,45+,46+,47+,48+,49-,50+,51+,52+,53+,54+,55+,56-,57-,58-,59-,60+,61-,62+,63+,64+,65+,66+,67+,68-,69-,70+,71-,72-,73-,74-,75+,76-,77-,78-,79+,81+/m0/s1. The highest BCUT2D eigenvalue weighted by atomic mass is 16.8. The number of hydrogen-bond donors (Lipinski definition) is 37. The van der Waals surface area contributed by atoms with Gasteiger partial charge in [0.25, 0.3) is 5.79 Å². The van der Waals surface area contributed by atoms with E-state index in [4.69, 9.17) is 99.5 Å². The molecule has 11 rings (SSSR count). The molecule has 0 aliphatic carbocycles. The Morgan fingerprint density at radius 3 is 1.09 bits per heavy atom. The number of amides is 6. The molecule has 11 fully saturated rings. The smallest absolute Gasteiger partial charge is 0.364 e. The van der Waals surface area contributed by atoms with Crippen molar-refractivity contribution in [2.45, 2.75) is 391 Å². The van der Waals surface area contributed by atoms with Gasteiger partial charge in [0, 0.05) is 41.0 Å². The second-order valence-electron chi connectivity index (χ2n) is 36.8. The minimum Gasteiger partial charge on any atom is -0.477 e. The first-order chi connectivity index (χ1) is 68.9. The molecular formula is C81H134N6O59. The third-order valence-electron chi connectivity index (χ3n) is 26.4. The van der Waals surface area contributed by atoms with Gasteiger partial charge in [-0.05, 0) is 6.92 Å². The van der Waals surface area contributed by atoms with E-state index in [1.54, 1.807) is 0 Å². The van der Waals surface area contributed by atoms with Crippen molar-refractivity contribution in [2.75, 3.05) is 72.7 Å². The molecule has 6 amide bonds. The number of ether oxygens (including phenoxy) is 21. The second-order valence-corrected chi connectivity index (χ2v) is 36.8. The maximum absolute atomic E-state index is 13.5. The van der Waals surface area contributed by atoms with Gasteiger partial charge in [-0.15, -0.1) is 0 Å². The molecule has 37 N–H and O–H groups in total. The molecule has 0 aromatic rings. The van der Waals surface area contributed by atoms with Gasteiger partial charge in [0.05, 0.1) is 84.3 Å². The van der Waals surface area contributed by atoms with Gasteiger partial charge in [-0.3, -0.25) is 28.8 Å². The van der Waals surface area contributed by atoms with Gasteiger partial charge in [0.1, 0.15) is 263 Å². The summed E-state index contributed by atoms with van der Waals surface area (Å²) in [4.78, 5) is 91.1. The number of aliphatic carboxylic acids is 1. The fourth-order valence-corrected chi connectivity index (χ4v) is 18.7. The maximum atomic E-state index is 13.5. The third-order valence-corrected chi connectivity index (χ3v) is 26.4. The van der Waals surface area contributed by atoms with Crippen LogP contribution in [-0.4, -0.2) is 615 Å². The molecule has 11 heterocycles. The molecule has 146 heavy (non-hydrogen) atoms. The number of carboxylic acids is 1. The summed E-state index contributed by atoms with van der Waals surface area (Å²) < 4.78 is 128. The Morgan fingerprint density at radius 1 is 0.308 bits per heavy atom. The van der Waals surface area contributed by atoms with Crippen LogP contribution in [0.15, 0.2) is 0 Å². The summed E-state index contributed by atoms with van der Waals surface area (Å²) >= 11 is 0. The number of carbonyl (C=O) groups excluding carboxylic acids is 6. The predicted molar refractivity (Wildman–Crippen MR) is 449 cm³/mol. The monoisotopic (exact) mass is 2130 g/mol. The van der Waals surface area contributed by atoms with Crippen molar-refractivity contribution in [1.82, 2.24) is 31.9 Å². The fraction of sp³-hybridized carbons (Fsp3) is 0.914. The van der Waals surface area contributed by atoms with Crippen LogP contribution < -0.4 is 31.9 Å². The lowest BCUT2D eigenvalue weighted by Crippen LogP contribution is -2.71. The van der Waals surface area contributed by atoms with Crippen LogP contribution in [0.2, 0.25) is 0 Å². The van der Waals surface area contributed by atoms with Crippen molar-refractivity contribution in [3.05, 3.63) is 0 Å². The normalized spacial score (nSPS) is 47.0. The van der Waals surface area contributed by atoms with Crippen molar-refractivity contribution in [2.24, 2.45) is 0 Å². The van der Waals surface area contributed by atoms with Gasteiger partial charge < -0.3 is 290 Å². The molecule has 0 unspecified atom stereocenters. The van der Waals surface area contributed by atoms with E-state index in [-0.39, 0.29) is 0 Å². The summed E-state index contributed by atoms with van der Waals surface area (Å²) in [5.41, 5.74) is 0. The molecule has 65 nitrogen and oxygen atoms in total. The number of carboxylic acid groups (broad SMARTS) is 1. The molecule has 56 atom stereocenters. The molecular weight excluding hydrogens is 2000 g/mol. The molecule has 65 heteroatoms. The van der Waals surface area contributed by atoms with Gasteiger partial charge in [-0.1, -0.05) is 0 Å². The molecule has 0 bridgehead atoms. The van der Waals surface area contributed by atoms with E-state index < -0.39 is 464 Å². The Hall–Kier alpha value is -5.75. The Kier molecular flexibility index (Phi) is 43.3. The van der Waals surface area contributed by atoms with E-state index in [2.05, 4.69) is 31.9 Å². The van der Waals surface area contributed by atoms with E-state index in [1.807, 2.05) is 0 Å². The minimum absolute atomic E-state index is 0.840. The zero-order valence-corrected chi connectivity index (χ0v) is 78.5. The zero-order valence-electron chi connectivity index (χ0n) is 78.5. The second kappa shape index (κ2) is 52.5. The van der Waals surface area contributed by atoms with Crippen molar-refractivity contribution < 1.29 is 291 Å². The Labute approximate surface area is 825 Å². The van der Waals surface area contributed by atoms with E-state index in [1.165, 1.54) is 6.92 Å². The number of aliphatic hydroxyl groups excluding tert-OH is 30. The van der Waals surface area contributed by atoms with Crippen molar-refractivity contribution in [3.63, 3.8) is 0 Å². The number of carbonyl (C=O) groups is 7. The molecule has 0 aromatic heterocycles. The topological polar surface area (TPSA) is 1010 Å². The average molecular weight is 2140 g/mol. The molecule has 842 valence electrons. The number of hydrogen-bond acceptors (Lipinski definition) is 58. The van der Waals surface area contributed by atoms with Crippen LogP contribution in [-0.2, 0) is 133 Å². The third kappa shape index (κ3) is 27.1. The molecule has 0 spiro atoms. The Morgan fingerprint density at radius 2 is 0.644 bits per heavy atom. The van der Waals surface area contributed by atoms with E-state index in [0.717, 1.165) is 34.6 Å². The molecule has 0 aromatic carbocycles. The first-order valence-corrected chi connectivity index (χ1v) is 46.3. The van der Waals surface area contributed by atoms with Crippen LogP contribution >= 0.6 is 0 Å².